The SMILES string of the molecule is CC(Oc1ccccc1)C(=O)NCc1nnc2ccc(-c3ccc(Cl)cc3)nn12. The van der Waals surface area contributed by atoms with Crippen molar-refractivity contribution >= 4 is 23.2 Å². The fourth-order valence-corrected chi connectivity index (χ4v) is 2.91. The Morgan fingerprint density at radius 2 is 1.83 bits per heavy atom. The number of hydrogen-bond acceptors (Lipinski definition) is 5. The molecule has 2 aromatic carbocycles. The van der Waals surface area contributed by atoms with Crippen molar-refractivity contribution in [2.75, 3.05) is 0 Å². The third kappa shape index (κ3) is 4.35. The molecule has 1 unspecified atom stereocenters. The van der Waals surface area contributed by atoms with E-state index in [1.165, 1.54) is 0 Å². The molecule has 0 saturated carbocycles. The van der Waals surface area contributed by atoms with Crippen molar-refractivity contribution in [1.29, 1.82) is 0 Å². The van der Waals surface area contributed by atoms with Crippen molar-refractivity contribution < 1.29 is 9.53 Å². The number of nitrogens with one attached hydrogen (secondary N) is 1. The van der Waals surface area contributed by atoms with Gasteiger partial charge in [-0.05, 0) is 43.3 Å². The van der Waals surface area contributed by atoms with E-state index in [1.807, 2.05) is 54.6 Å². The number of para-hydroxylation sites is 1. The number of carbonyl (C=O) groups excluding carboxylic acids is 1. The maximum absolute atomic E-state index is 12.4. The Kier molecular flexibility index (Phi) is 5.39. The van der Waals surface area contributed by atoms with Gasteiger partial charge < -0.3 is 10.1 Å². The smallest absolute Gasteiger partial charge is 0.261 e. The second-order valence-corrected chi connectivity index (χ2v) is 6.84. The number of benzene rings is 2. The van der Waals surface area contributed by atoms with Crippen LogP contribution in [0.3, 0.4) is 0 Å². The third-order valence-electron chi connectivity index (χ3n) is 4.31. The monoisotopic (exact) mass is 407 g/mol. The molecule has 0 fully saturated rings. The summed E-state index contributed by atoms with van der Waals surface area (Å²) in [6.45, 7) is 1.88. The maximum Gasteiger partial charge on any atom is 0.261 e. The Morgan fingerprint density at radius 1 is 1.07 bits per heavy atom. The highest BCUT2D eigenvalue weighted by atomic mass is 35.5. The molecule has 2 aromatic heterocycles. The van der Waals surface area contributed by atoms with Crippen molar-refractivity contribution in [3.8, 4) is 17.0 Å². The molecule has 0 bridgehead atoms. The molecule has 0 aliphatic carbocycles. The van der Waals surface area contributed by atoms with Crippen LogP contribution in [0.1, 0.15) is 12.7 Å². The normalized spacial score (nSPS) is 11.9. The zero-order valence-electron chi connectivity index (χ0n) is 15.6. The first-order valence-corrected chi connectivity index (χ1v) is 9.44. The number of carbonyl (C=O) groups is 1. The first-order valence-electron chi connectivity index (χ1n) is 9.07. The lowest BCUT2D eigenvalue weighted by Crippen LogP contribution is -2.36. The molecule has 29 heavy (non-hydrogen) atoms. The number of halogens is 1. The maximum atomic E-state index is 12.4. The molecule has 0 saturated heterocycles. The summed E-state index contributed by atoms with van der Waals surface area (Å²) < 4.78 is 7.26. The van der Waals surface area contributed by atoms with Gasteiger partial charge in [0.2, 0.25) is 0 Å². The van der Waals surface area contributed by atoms with E-state index in [0.29, 0.717) is 22.2 Å². The number of aromatic nitrogens is 4. The standard InChI is InChI=1S/C21H18ClN5O2/c1-14(29-17-5-3-2-4-6-17)21(28)23-13-20-25-24-19-12-11-18(26-27(19)20)15-7-9-16(22)10-8-15/h2-12,14H,13H2,1H3,(H,23,28). The van der Waals surface area contributed by atoms with Crippen LogP contribution in [0.4, 0.5) is 0 Å². The Hall–Kier alpha value is -3.45. The van der Waals surface area contributed by atoms with E-state index in [1.54, 1.807) is 23.6 Å². The van der Waals surface area contributed by atoms with Gasteiger partial charge in [0.25, 0.3) is 5.91 Å². The van der Waals surface area contributed by atoms with Crippen molar-refractivity contribution in [3.05, 3.63) is 77.6 Å². The molecule has 0 spiro atoms. The minimum absolute atomic E-state index is 0.180. The van der Waals surface area contributed by atoms with Crippen LogP contribution >= 0.6 is 11.6 Å². The summed E-state index contributed by atoms with van der Waals surface area (Å²) in [5.41, 5.74) is 2.27. The van der Waals surface area contributed by atoms with Crippen LogP contribution in [0.5, 0.6) is 5.75 Å². The largest absolute Gasteiger partial charge is 0.481 e. The van der Waals surface area contributed by atoms with Gasteiger partial charge in [-0.3, -0.25) is 4.79 Å². The highest BCUT2D eigenvalue weighted by Gasteiger charge is 2.16. The fourth-order valence-electron chi connectivity index (χ4n) is 2.78. The number of fused-ring (bicyclic) bond motifs is 1. The second-order valence-electron chi connectivity index (χ2n) is 6.40. The quantitative estimate of drug-likeness (QED) is 0.528. The van der Waals surface area contributed by atoms with Gasteiger partial charge in [0.1, 0.15) is 5.75 Å². The summed E-state index contributed by atoms with van der Waals surface area (Å²) in [7, 11) is 0. The van der Waals surface area contributed by atoms with Crippen LogP contribution in [-0.2, 0) is 11.3 Å². The first kappa shape index (κ1) is 18.9. The molecule has 1 atom stereocenters. The van der Waals surface area contributed by atoms with Gasteiger partial charge in [0.15, 0.2) is 17.6 Å². The lowest BCUT2D eigenvalue weighted by Gasteiger charge is -2.14. The van der Waals surface area contributed by atoms with E-state index in [-0.39, 0.29) is 12.5 Å². The van der Waals surface area contributed by atoms with Crippen LogP contribution in [0, 0.1) is 0 Å². The van der Waals surface area contributed by atoms with Crippen LogP contribution in [0.15, 0.2) is 66.7 Å². The fraction of sp³-hybridized carbons (Fsp3) is 0.143. The minimum atomic E-state index is -0.644. The average Bonchev–Trinajstić information content (AvgIpc) is 3.15. The predicted molar refractivity (Wildman–Crippen MR) is 110 cm³/mol. The van der Waals surface area contributed by atoms with E-state index < -0.39 is 6.10 Å². The first-order chi connectivity index (χ1) is 14.1. The van der Waals surface area contributed by atoms with E-state index in [2.05, 4.69) is 20.6 Å². The Morgan fingerprint density at radius 3 is 2.59 bits per heavy atom. The van der Waals surface area contributed by atoms with Gasteiger partial charge in [0, 0.05) is 10.6 Å². The summed E-state index contributed by atoms with van der Waals surface area (Å²) in [6.07, 6.45) is -0.644. The summed E-state index contributed by atoms with van der Waals surface area (Å²) in [4.78, 5) is 12.4. The molecular formula is C21H18ClN5O2. The molecule has 0 aliphatic rings. The van der Waals surface area contributed by atoms with Gasteiger partial charge >= 0.3 is 0 Å². The summed E-state index contributed by atoms with van der Waals surface area (Å²) in [6, 6.07) is 20.3. The highest BCUT2D eigenvalue weighted by molar-refractivity contribution is 6.30. The number of nitrogens with zero attached hydrogens (tertiary/aromatic N) is 4. The summed E-state index contributed by atoms with van der Waals surface area (Å²) in [5.74, 6) is 0.910. The van der Waals surface area contributed by atoms with Gasteiger partial charge in [0.05, 0.1) is 12.2 Å². The number of rotatable bonds is 6. The van der Waals surface area contributed by atoms with Gasteiger partial charge in [-0.15, -0.1) is 10.2 Å². The second kappa shape index (κ2) is 8.28. The van der Waals surface area contributed by atoms with Crippen LogP contribution in [0.2, 0.25) is 5.02 Å². The van der Waals surface area contributed by atoms with Crippen LogP contribution < -0.4 is 10.1 Å². The lowest BCUT2D eigenvalue weighted by molar-refractivity contribution is -0.127. The topological polar surface area (TPSA) is 81.4 Å². The molecule has 7 nitrogen and oxygen atoms in total. The van der Waals surface area contributed by atoms with E-state index >= 15 is 0 Å². The lowest BCUT2D eigenvalue weighted by atomic mass is 10.1. The van der Waals surface area contributed by atoms with E-state index in [4.69, 9.17) is 16.3 Å². The summed E-state index contributed by atoms with van der Waals surface area (Å²) in [5, 5.41) is 16.3. The van der Waals surface area contributed by atoms with E-state index in [0.717, 1.165) is 11.3 Å². The molecule has 4 aromatic rings. The van der Waals surface area contributed by atoms with Gasteiger partial charge in [-0.25, -0.2) is 0 Å². The zero-order chi connectivity index (χ0) is 20.2. The van der Waals surface area contributed by atoms with Crippen molar-refractivity contribution in [1.82, 2.24) is 25.1 Å². The molecule has 146 valence electrons. The Labute approximate surface area is 172 Å². The van der Waals surface area contributed by atoms with Crippen molar-refractivity contribution in [2.45, 2.75) is 19.6 Å². The van der Waals surface area contributed by atoms with Gasteiger partial charge in [-0.1, -0.05) is 41.9 Å². The minimum Gasteiger partial charge on any atom is -0.481 e. The van der Waals surface area contributed by atoms with Crippen LogP contribution in [-0.4, -0.2) is 31.8 Å². The van der Waals surface area contributed by atoms with Gasteiger partial charge in [-0.2, -0.15) is 9.61 Å². The Bertz CT molecular complexity index is 1130. The zero-order valence-corrected chi connectivity index (χ0v) is 16.4. The molecule has 8 heteroatoms. The molecule has 0 radical (unpaired) electrons. The molecule has 0 aliphatic heterocycles. The Balaban J connectivity index is 1.47. The van der Waals surface area contributed by atoms with Crippen LogP contribution in [0.25, 0.3) is 16.9 Å². The number of ether oxygens (including phenoxy) is 1. The van der Waals surface area contributed by atoms with Crippen molar-refractivity contribution in [3.63, 3.8) is 0 Å². The number of hydrogen-bond donors (Lipinski definition) is 1. The molecule has 1 amide bonds. The van der Waals surface area contributed by atoms with E-state index in [9.17, 15) is 4.79 Å². The molecule has 4 rings (SSSR count). The predicted octanol–water partition coefficient (Wildman–Crippen LogP) is 3.53. The molecule has 2 heterocycles. The summed E-state index contributed by atoms with van der Waals surface area (Å²) >= 11 is 5.95. The molecular weight excluding hydrogens is 390 g/mol. The highest BCUT2D eigenvalue weighted by Crippen LogP contribution is 2.20. The number of amides is 1. The average molecular weight is 408 g/mol. The molecule has 1 N–H and O–H groups in total. The van der Waals surface area contributed by atoms with Crippen molar-refractivity contribution in [2.24, 2.45) is 0 Å². The third-order valence-corrected chi connectivity index (χ3v) is 4.57.